The third-order valence-electron chi connectivity index (χ3n) is 3.84. The van der Waals surface area contributed by atoms with E-state index in [1.54, 1.807) is 0 Å². The minimum absolute atomic E-state index is 0.0560. The third kappa shape index (κ3) is 2.13. The van der Waals surface area contributed by atoms with Crippen LogP contribution in [-0.4, -0.2) is 12.3 Å². The Kier molecular flexibility index (Phi) is 2.81. The Balaban J connectivity index is 1.60. The molecule has 0 spiro atoms. The molecule has 0 unspecified atom stereocenters. The van der Waals surface area contributed by atoms with Crippen LogP contribution in [0.1, 0.15) is 23.5 Å². The standard InChI is InChI=1S/C17H14O4/c18-15-9-12-16-13(19-10-11-5-2-1-3-6-11)7-4-8-14(16)20-17(12)21-15/h1-8,12,17H,9-10H2/t12-,17+/m1/s1. The van der Waals surface area contributed by atoms with Crippen LogP contribution >= 0.6 is 0 Å². The van der Waals surface area contributed by atoms with E-state index in [4.69, 9.17) is 14.2 Å². The lowest BCUT2D eigenvalue weighted by Crippen LogP contribution is -2.14. The van der Waals surface area contributed by atoms with Gasteiger partial charge in [-0.2, -0.15) is 0 Å². The molecule has 2 atom stereocenters. The lowest BCUT2D eigenvalue weighted by Gasteiger charge is -2.11. The Morgan fingerprint density at radius 1 is 1.05 bits per heavy atom. The van der Waals surface area contributed by atoms with Crippen molar-refractivity contribution in [3.05, 3.63) is 59.7 Å². The second-order valence-electron chi connectivity index (χ2n) is 5.23. The van der Waals surface area contributed by atoms with Crippen LogP contribution in [0.25, 0.3) is 0 Å². The molecule has 2 heterocycles. The fourth-order valence-electron chi connectivity index (χ4n) is 2.86. The summed E-state index contributed by atoms with van der Waals surface area (Å²) in [5.41, 5.74) is 2.05. The summed E-state index contributed by atoms with van der Waals surface area (Å²) in [4.78, 5) is 11.4. The van der Waals surface area contributed by atoms with Crippen molar-refractivity contribution in [2.24, 2.45) is 0 Å². The molecule has 2 aliphatic heterocycles. The van der Waals surface area contributed by atoms with E-state index >= 15 is 0 Å². The van der Waals surface area contributed by atoms with Crippen molar-refractivity contribution in [2.75, 3.05) is 0 Å². The molecule has 0 bridgehead atoms. The van der Waals surface area contributed by atoms with E-state index in [-0.39, 0.29) is 11.9 Å². The van der Waals surface area contributed by atoms with E-state index in [0.717, 1.165) is 22.6 Å². The van der Waals surface area contributed by atoms with Crippen molar-refractivity contribution in [1.82, 2.24) is 0 Å². The maximum Gasteiger partial charge on any atom is 0.309 e. The van der Waals surface area contributed by atoms with Gasteiger partial charge in [-0.25, -0.2) is 0 Å². The molecule has 0 amide bonds. The monoisotopic (exact) mass is 282 g/mol. The van der Waals surface area contributed by atoms with Gasteiger partial charge in [-0.3, -0.25) is 4.79 Å². The summed E-state index contributed by atoms with van der Waals surface area (Å²) in [6.07, 6.45) is -0.141. The second kappa shape index (κ2) is 4.81. The normalized spacial score (nSPS) is 22.2. The molecule has 0 N–H and O–H groups in total. The fourth-order valence-corrected chi connectivity index (χ4v) is 2.86. The highest BCUT2D eigenvalue weighted by atomic mass is 16.7. The molecule has 2 aromatic rings. The first-order chi connectivity index (χ1) is 10.3. The van der Waals surface area contributed by atoms with Gasteiger partial charge in [-0.05, 0) is 17.7 Å². The van der Waals surface area contributed by atoms with Gasteiger partial charge in [0.05, 0.1) is 12.3 Å². The van der Waals surface area contributed by atoms with Crippen LogP contribution in [0.3, 0.4) is 0 Å². The molecular formula is C17H14O4. The van der Waals surface area contributed by atoms with E-state index in [0.29, 0.717) is 13.0 Å². The molecule has 2 aromatic carbocycles. The van der Waals surface area contributed by atoms with Crippen LogP contribution in [0.2, 0.25) is 0 Å². The minimum Gasteiger partial charge on any atom is -0.488 e. The molecule has 0 aliphatic carbocycles. The molecule has 0 radical (unpaired) electrons. The van der Waals surface area contributed by atoms with Crippen molar-refractivity contribution in [3.63, 3.8) is 0 Å². The van der Waals surface area contributed by atoms with Crippen LogP contribution in [0, 0.1) is 0 Å². The summed E-state index contributed by atoms with van der Waals surface area (Å²) in [7, 11) is 0. The molecular weight excluding hydrogens is 268 g/mol. The highest BCUT2D eigenvalue weighted by molar-refractivity contribution is 5.75. The van der Waals surface area contributed by atoms with Crippen molar-refractivity contribution in [2.45, 2.75) is 25.2 Å². The molecule has 1 fully saturated rings. The van der Waals surface area contributed by atoms with Crippen LogP contribution in [-0.2, 0) is 16.1 Å². The molecule has 1 saturated heterocycles. The summed E-state index contributed by atoms with van der Waals surface area (Å²) in [5.74, 6) is 1.25. The second-order valence-corrected chi connectivity index (χ2v) is 5.23. The van der Waals surface area contributed by atoms with Gasteiger partial charge in [-0.1, -0.05) is 36.4 Å². The first-order valence-electron chi connectivity index (χ1n) is 6.97. The van der Waals surface area contributed by atoms with Crippen molar-refractivity contribution < 1.29 is 19.0 Å². The Morgan fingerprint density at radius 2 is 1.90 bits per heavy atom. The number of ether oxygens (including phenoxy) is 3. The summed E-state index contributed by atoms with van der Waals surface area (Å²) >= 11 is 0. The summed E-state index contributed by atoms with van der Waals surface area (Å²) in [6, 6.07) is 15.7. The maximum absolute atomic E-state index is 11.4. The van der Waals surface area contributed by atoms with Crippen LogP contribution in [0.15, 0.2) is 48.5 Å². The SMILES string of the molecule is O=C1C[C@@H]2c3c(OCc4ccccc4)cccc3O[C@H]2O1. The largest absolute Gasteiger partial charge is 0.488 e. The predicted molar refractivity (Wildman–Crippen MR) is 75.1 cm³/mol. The summed E-state index contributed by atoms with van der Waals surface area (Å²) < 4.78 is 16.8. The van der Waals surface area contributed by atoms with Gasteiger partial charge in [0, 0.05) is 5.56 Å². The summed E-state index contributed by atoms with van der Waals surface area (Å²) in [6.45, 7) is 0.490. The Morgan fingerprint density at radius 3 is 2.76 bits per heavy atom. The van der Waals surface area contributed by atoms with E-state index in [9.17, 15) is 4.79 Å². The molecule has 0 saturated carbocycles. The number of carbonyl (C=O) groups excluding carboxylic acids is 1. The highest BCUT2D eigenvalue weighted by Crippen LogP contribution is 2.48. The molecule has 0 aromatic heterocycles. The number of fused-ring (bicyclic) bond motifs is 3. The van der Waals surface area contributed by atoms with E-state index in [1.165, 1.54) is 0 Å². The van der Waals surface area contributed by atoms with Crippen molar-refractivity contribution >= 4 is 5.97 Å². The number of hydrogen-bond acceptors (Lipinski definition) is 4. The first-order valence-corrected chi connectivity index (χ1v) is 6.97. The maximum atomic E-state index is 11.4. The van der Waals surface area contributed by atoms with Gasteiger partial charge in [0.1, 0.15) is 18.1 Å². The minimum atomic E-state index is -0.492. The average Bonchev–Trinajstić information content (AvgIpc) is 3.02. The van der Waals surface area contributed by atoms with E-state index in [1.807, 2.05) is 48.5 Å². The molecule has 4 rings (SSSR count). The molecule has 106 valence electrons. The molecule has 4 nitrogen and oxygen atoms in total. The zero-order chi connectivity index (χ0) is 14.2. The average molecular weight is 282 g/mol. The van der Waals surface area contributed by atoms with Gasteiger partial charge in [0.2, 0.25) is 0 Å². The van der Waals surface area contributed by atoms with Crippen molar-refractivity contribution in [1.29, 1.82) is 0 Å². The lowest BCUT2D eigenvalue weighted by molar-refractivity contribution is -0.150. The van der Waals surface area contributed by atoms with Crippen LogP contribution in [0.5, 0.6) is 11.5 Å². The zero-order valence-electron chi connectivity index (χ0n) is 11.3. The van der Waals surface area contributed by atoms with Gasteiger partial charge in [0.25, 0.3) is 6.29 Å². The highest BCUT2D eigenvalue weighted by Gasteiger charge is 2.45. The molecule has 21 heavy (non-hydrogen) atoms. The van der Waals surface area contributed by atoms with Gasteiger partial charge < -0.3 is 14.2 Å². The molecule has 2 aliphatic rings. The van der Waals surface area contributed by atoms with Crippen LogP contribution < -0.4 is 9.47 Å². The number of hydrogen-bond donors (Lipinski definition) is 0. The lowest BCUT2D eigenvalue weighted by atomic mass is 9.97. The fraction of sp³-hybridized carbons (Fsp3) is 0.235. The zero-order valence-corrected chi connectivity index (χ0v) is 11.3. The number of carbonyl (C=O) groups is 1. The number of benzene rings is 2. The molecule has 4 heteroatoms. The number of rotatable bonds is 3. The smallest absolute Gasteiger partial charge is 0.309 e. The van der Waals surface area contributed by atoms with E-state index < -0.39 is 6.29 Å². The number of esters is 1. The quantitative estimate of drug-likeness (QED) is 0.812. The van der Waals surface area contributed by atoms with Gasteiger partial charge >= 0.3 is 5.97 Å². The Hall–Kier alpha value is -2.49. The van der Waals surface area contributed by atoms with Crippen molar-refractivity contribution in [3.8, 4) is 11.5 Å². The van der Waals surface area contributed by atoms with Crippen LogP contribution in [0.4, 0.5) is 0 Å². The summed E-state index contributed by atoms with van der Waals surface area (Å²) in [5, 5.41) is 0. The van der Waals surface area contributed by atoms with Gasteiger partial charge in [0.15, 0.2) is 0 Å². The third-order valence-corrected chi connectivity index (χ3v) is 3.84. The van der Waals surface area contributed by atoms with Gasteiger partial charge in [-0.15, -0.1) is 0 Å². The first kappa shape index (κ1) is 12.3. The predicted octanol–water partition coefficient (Wildman–Crippen LogP) is 3.01. The topological polar surface area (TPSA) is 44.8 Å². The Bertz CT molecular complexity index is 680. The Labute approximate surface area is 122 Å². The van der Waals surface area contributed by atoms with E-state index in [2.05, 4.69) is 0 Å².